The van der Waals surface area contributed by atoms with Crippen molar-refractivity contribution >= 4 is 11.9 Å². The lowest BCUT2D eigenvalue weighted by atomic mass is 9.71. The molecule has 5 aliphatic rings. The van der Waals surface area contributed by atoms with Gasteiger partial charge in [-0.3, -0.25) is 4.79 Å². The number of allylic oxidation sites excluding steroid dienone is 4. The SMILES string of the molecule is CC(C)=CC(=O)OCC1=C[C@H]2C(=O)O[C@H]3C[C@@H](C/C=C(/C)C[C@@H](C)/C=C\CC4COC([C@@H]42)[C@@H]1O)O[C@@]1(CC[C@H](C)C(C)O1)C3. The van der Waals surface area contributed by atoms with Crippen molar-refractivity contribution in [3.63, 3.8) is 0 Å². The molecule has 1 N–H and O–H groups in total. The van der Waals surface area contributed by atoms with Gasteiger partial charge >= 0.3 is 11.9 Å². The van der Waals surface area contributed by atoms with E-state index in [4.69, 9.17) is 23.7 Å². The van der Waals surface area contributed by atoms with Crippen LogP contribution in [0.1, 0.15) is 86.5 Å². The summed E-state index contributed by atoms with van der Waals surface area (Å²) in [4.78, 5) is 26.4. The molecule has 4 aliphatic heterocycles. The summed E-state index contributed by atoms with van der Waals surface area (Å²) in [5, 5.41) is 11.3. The number of aliphatic hydroxyl groups excluding tert-OH is 1. The molecule has 8 nitrogen and oxygen atoms in total. The van der Waals surface area contributed by atoms with Gasteiger partial charge in [-0.15, -0.1) is 0 Å². The van der Waals surface area contributed by atoms with Crippen molar-refractivity contribution in [3.8, 4) is 0 Å². The molecule has 3 saturated heterocycles. The van der Waals surface area contributed by atoms with Crippen LogP contribution in [0.25, 0.3) is 0 Å². The molecule has 244 valence electrons. The number of hydrogen-bond acceptors (Lipinski definition) is 8. The Kier molecular flexibility index (Phi) is 10.6. The Labute approximate surface area is 262 Å². The molecule has 0 aromatic carbocycles. The van der Waals surface area contributed by atoms with E-state index >= 15 is 0 Å². The molecule has 1 aliphatic carbocycles. The van der Waals surface area contributed by atoms with Gasteiger partial charge < -0.3 is 28.8 Å². The first-order valence-corrected chi connectivity index (χ1v) is 16.6. The number of carbonyl (C=O) groups is 2. The molecule has 0 amide bonds. The first kappa shape index (κ1) is 33.1. The topological polar surface area (TPSA) is 101 Å². The summed E-state index contributed by atoms with van der Waals surface area (Å²) in [5.74, 6) is -1.61. The summed E-state index contributed by atoms with van der Waals surface area (Å²) in [6.07, 6.45) is 13.2. The van der Waals surface area contributed by atoms with Crippen LogP contribution < -0.4 is 0 Å². The third-order valence-electron chi connectivity index (χ3n) is 10.2. The van der Waals surface area contributed by atoms with Crippen LogP contribution in [0, 0.1) is 29.6 Å². The van der Waals surface area contributed by atoms with Gasteiger partial charge in [0.25, 0.3) is 0 Å². The fourth-order valence-corrected chi connectivity index (χ4v) is 7.70. The molecule has 11 atom stereocenters. The number of fused-ring (bicyclic) bond motifs is 2. The second-order valence-corrected chi connectivity index (χ2v) is 14.3. The van der Waals surface area contributed by atoms with Crippen LogP contribution in [0.2, 0.25) is 0 Å². The highest BCUT2D eigenvalue weighted by Crippen LogP contribution is 2.46. The van der Waals surface area contributed by atoms with Gasteiger partial charge in [-0.05, 0) is 76.7 Å². The Balaban J connectivity index is 1.45. The van der Waals surface area contributed by atoms with Gasteiger partial charge in [-0.2, -0.15) is 0 Å². The molecular weight excluding hydrogens is 560 g/mol. The zero-order valence-electron chi connectivity index (χ0n) is 27.3. The molecule has 8 heteroatoms. The van der Waals surface area contributed by atoms with E-state index in [1.807, 2.05) is 13.8 Å². The molecule has 44 heavy (non-hydrogen) atoms. The predicted molar refractivity (Wildman–Crippen MR) is 166 cm³/mol. The fraction of sp³-hybridized carbons (Fsp3) is 0.722. The number of rotatable bonds is 3. The second-order valence-electron chi connectivity index (χ2n) is 14.3. The van der Waals surface area contributed by atoms with Gasteiger partial charge in [0, 0.05) is 31.3 Å². The van der Waals surface area contributed by atoms with Gasteiger partial charge in [0.15, 0.2) is 5.79 Å². The largest absolute Gasteiger partial charge is 0.462 e. The predicted octanol–water partition coefficient (Wildman–Crippen LogP) is 5.99. The standard InChI is InChI=1S/C36H52O8/c1-21(2)14-31(37)40-20-27-16-30-32-26(19-41-34(32)33(27)38)9-7-8-22(3)15-23(4)10-11-28-17-29(42-35(30)39)18-36(44-28)13-12-24(5)25(6)43-36/h7-8,10,14,16,22,24-26,28-30,32-34,38H,9,11-13,15,17-20H2,1-6H3/b8-7-,23-10-/t22-,24-,25?,26?,28+,29-,30+,32-,33+,34?,36-/m0/s1. The molecule has 0 aromatic rings. The monoisotopic (exact) mass is 612 g/mol. The van der Waals surface area contributed by atoms with Gasteiger partial charge in [-0.25, -0.2) is 4.79 Å². The molecule has 3 unspecified atom stereocenters. The van der Waals surface area contributed by atoms with Gasteiger partial charge in [-0.1, -0.05) is 49.3 Å². The Bertz CT molecular complexity index is 1180. The number of ether oxygens (including phenoxy) is 5. The van der Waals surface area contributed by atoms with E-state index in [1.165, 1.54) is 11.6 Å². The highest BCUT2D eigenvalue weighted by atomic mass is 16.7. The highest BCUT2D eigenvalue weighted by Gasteiger charge is 2.53. The van der Waals surface area contributed by atoms with Crippen molar-refractivity contribution in [1.29, 1.82) is 0 Å². The molecule has 0 aromatic heterocycles. The third kappa shape index (κ3) is 7.75. The van der Waals surface area contributed by atoms with Crippen molar-refractivity contribution in [3.05, 3.63) is 47.1 Å². The molecule has 5 rings (SSSR count). The zero-order chi connectivity index (χ0) is 31.6. The van der Waals surface area contributed by atoms with Crippen LogP contribution >= 0.6 is 0 Å². The Morgan fingerprint density at radius 2 is 1.95 bits per heavy atom. The Hall–Kier alpha value is -2.26. The normalized spacial score (nSPS) is 43.1. The lowest BCUT2D eigenvalue weighted by Gasteiger charge is -2.49. The zero-order valence-corrected chi connectivity index (χ0v) is 27.3. The smallest absolute Gasteiger partial charge is 0.331 e. The molecule has 0 radical (unpaired) electrons. The number of esters is 2. The van der Waals surface area contributed by atoms with Crippen molar-refractivity contribution in [1.82, 2.24) is 0 Å². The average molecular weight is 613 g/mol. The molecule has 2 bridgehead atoms. The van der Waals surface area contributed by atoms with Crippen molar-refractivity contribution in [2.24, 2.45) is 29.6 Å². The first-order valence-electron chi connectivity index (χ1n) is 16.6. The van der Waals surface area contributed by atoms with E-state index in [1.54, 1.807) is 6.08 Å². The summed E-state index contributed by atoms with van der Waals surface area (Å²) < 4.78 is 31.3. The minimum atomic E-state index is -0.968. The summed E-state index contributed by atoms with van der Waals surface area (Å²) in [6, 6.07) is 0. The summed E-state index contributed by atoms with van der Waals surface area (Å²) in [6.45, 7) is 12.7. The number of aliphatic hydroxyl groups is 1. The van der Waals surface area contributed by atoms with Crippen LogP contribution in [-0.4, -0.2) is 66.6 Å². The van der Waals surface area contributed by atoms with Gasteiger partial charge in [0.2, 0.25) is 0 Å². The van der Waals surface area contributed by atoms with E-state index in [-0.39, 0.29) is 42.7 Å². The van der Waals surface area contributed by atoms with E-state index in [9.17, 15) is 14.7 Å². The molecule has 4 heterocycles. The highest BCUT2D eigenvalue weighted by molar-refractivity contribution is 5.82. The average Bonchev–Trinajstić information content (AvgIpc) is 3.37. The quantitative estimate of drug-likeness (QED) is 0.236. The summed E-state index contributed by atoms with van der Waals surface area (Å²) in [5.41, 5.74) is 2.62. The van der Waals surface area contributed by atoms with Crippen molar-refractivity contribution in [2.75, 3.05) is 13.2 Å². The fourth-order valence-electron chi connectivity index (χ4n) is 7.70. The van der Waals surface area contributed by atoms with Gasteiger partial charge in [0.1, 0.15) is 18.8 Å². The van der Waals surface area contributed by atoms with Crippen LogP contribution in [-0.2, 0) is 33.3 Å². The maximum atomic E-state index is 14.2. The minimum Gasteiger partial charge on any atom is -0.462 e. The van der Waals surface area contributed by atoms with Gasteiger partial charge in [0.05, 0.1) is 30.8 Å². The van der Waals surface area contributed by atoms with Crippen LogP contribution in [0.4, 0.5) is 0 Å². The third-order valence-corrected chi connectivity index (χ3v) is 10.2. The van der Waals surface area contributed by atoms with Crippen LogP contribution in [0.5, 0.6) is 0 Å². The minimum absolute atomic E-state index is 0.0454. The molecule has 0 saturated carbocycles. The van der Waals surface area contributed by atoms with Crippen LogP contribution in [0.15, 0.2) is 47.1 Å². The van der Waals surface area contributed by atoms with Crippen LogP contribution in [0.3, 0.4) is 0 Å². The lowest BCUT2D eigenvalue weighted by molar-refractivity contribution is -0.332. The molecular formula is C36H52O8. The first-order chi connectivity index (χ1) is 20.9. The molecule has 3 fully saturated rings. The van der Waals surface area contributed by atoms with E-state index in [2.05, 4.69) is 45.9 Å². The van der Waals surface area contributed by atoms with E-state index < -0.39 is 29.9 Å². The van der Waals surface area contributed by atoms with E-state index in [0.29, 0.717) is 36.9 Å². The lowest BCUT2D eigenvalue weighted by Crippen LogP contribution is -2.54. The maximum Gasteiger partial charge on any atom is 0.331 e. The summed E-state index contributed by atoms with van der Waals surface area (Å²) in [7, 11) is 0. The Morgan fingerprint density at radius 3 is 2.70 bits per heavy atom. The van der Waals surface area contributed by atoms with Crippen molar-refractivity contribution in [2.45, 2.75) is 123 Å². The maximum absolute atomic E-state index is 14.2. The second kappa shape index (κ2) is 14.0. The Morgan fingerprint density at radius 1 is 1.16 bits per heavy atom. The molecule has 1 spiro atoms. The summed E-state index contributed by atoms with van der Waals surface area (Å²) >= 11 is 0. The van der Waals surface area contributed by atoms with Crippen molar-refractivity contribution < 1.29 is 38.4 Å². The van der Waals surface area contributed by atoms with E-state index in [0.717, 1.165) is 37.7 Å². The number of hydrogen-bond donors (Lipinski definition) is 1. The number of carbonyl (C=O) groups excluding carboxylic acids is 2.